The standard InChI is InChI=1S/C10H11BrFNO/c1-6(5-13)10-8(12)3-7(11)4-9(10)14-2/h3-4H,1,5,13H2,2H3. The highest BCUT2D eigenvalue weighted by atomic mass is 79.9. The lowest BCUT2D eigenvalue weighted by Gasteiger charge is -2.11. The maximum Gasteiger partial charge on any atom is 0.135 e. The van der Waals surface area contributed by atoms with Crippen LogP contribution in [0.25, 0.3) is 5.57 Å². The number of rotatable bonds is 3. The minimum Gasteiger partial charge on any atom is -0.496 e. The molecule has 2 N–H and O–H groups in total. The molecule has 0 spiro atoms. The normalized spacial score (nSPS) is 10.0. The summed E-state index contributed by atoms with van der Waals surface area (Å²) < 4.78 is 19.2. The highest BCUT2D eigenvalue weighted by Gasteiger charge is 2.12. The molecule has 0 saturated heterocycles. The van der Waals surface area contributed by atoms with Gasteiger partial charge in [0.2, 0.25) is 0 Å². The largest absolute Gasteiger partial charge is 0.496 e. The second kappa shape index (κ2) is 4.57. The summed E-state index contributed by atoms with van der Waals surface area (Å²) in [7, 11) is 1.48. The first kappa shape index (κ1) is 11.2. The minimum absolute atomic E-state index is 0.203. The summed E-state index contributed by atoms with van der Waals surface area (Å²) in [6, 6.07) is 3.04. The van der Waals surface area contributed by atoms with Gasteiger partial charge in [-0.3, -0.25) is 0 Å². The zero-order valence-corrected chi connectivity index (χ0v) is 9.40. The number of benzene rings is 1. The van der Waals surface area contributed by atoms with Gasteiger partial charge in [-0.2, -0.15) is 0 Å². The summed E-state index contributed by atoms with van der Waals surface area (Å²) in [6.07, 6.45) is 0. The molecule has 0 aliphatic carbocycles. The van der Waals surface area contributed by atoms with Gasteiger partial charge in [0.1, 0.15) is 11.6 Å². The van der Waals surface area contributed by atoms with Gasteiger partial charge >= 0.3 is 0 Å². The van der Waals surface area contributed by atoms with Crippen LogP contribution in [0.1, 0.15) is 5.56 Å². The lowest BCUT2D eigenvalue weighted by molar-refractivity contribution is 0.409. The zero-order chi connectivity index (χ0) is 10.7. The minimum atomic E-state index is -0.383. The van der Waals surface area contributed by atoms with E-state index < -0.39 is 0 Å². The first-order valence-corrected chi connectivity index (χ1v) is 4.80. The topological polar surface area (TPSA) is 35.2 Å². The van der Waals surface area contributed by atoms with Crippen molar-refractivity contribution in [2.24, 2.45) is 5.73 Å². The van der Waals surface area contributed by atoms with Crippen LogP contribution in [0.2, 0.25) is 0 Å². The molecule has 1 aromatic carbocycles. The fourth-order valence-corrected chi connectivity index (χ4v) is 1.57. The molecule has 0 aliphatic rings. The summed E-state index contributed by atoms with van der Waals surface area (Å²) >= 11 is 3.18. The van der Waals surface area contributed by atoms with E-state index in [1.54, 1.807) is 6.07 Å². The Bertz CT molecular complexity index is 365. The van der Waals surface area contributed by atoms with Crippen LogP contribution in [-0.4, -0.2) is 13.7 Å². The number of methoxy groups -OCH3 is 1. The molecule has 0 atom stereocenters. The van der Waals surface area contributed by atoms with Crippen molar-refractivity contribution in [3.05, 3.63) is 34.6 Å². The molecule has 0 heterocycles. The first-order chi connectivity index (χ1) is 6.60. The number of hydrogen-bond acceptors (Lipinski definition) is 2. The van der Waals surface area contributed by atoms with E-state index in [0.29, 0.717) is 21.4 Å². The number of nitrogens with two attached hydrogens (primary N) is 1. The molecule has 76 valence electrons. The van der Waals surface area contributed by atoms with E-state index in [4.69, 9.17) is 10.5 Å². The summed E-state index contributed by atoms with van der Waals surface area (Å²) in [5.41, 5.74) is 6.27. The molecular weight excluding hydrogens is 249 g/mol. The zero-order valence-electron chi connectivity index (χ0n) is 7.81. The van der Waals surface area contributed by atoms with Crippen LogP contribution < -0.4 is 10.5 Å². The predicted octanol–water partition coefficient (Wildman–Crippen LogP) is 2.57. The Kier molecular flexibility index (Phi) is 3.66. The maximum absolute atomic E-state index is 13.5. The van der Waals surface area contributed by atoms with E-state index >= 15 is 0 Å². The first-order valence-electron chi connectivity index (χ1n) is 4.01. The van der Waals surface area contributed by atoms with E-state index in [1.807, 2.05) is 0 Å². The quantitative estimate of drug-likeness (QED) is 0.906. The fraction of sp³-hybridized carbons (Fsp3) is 0.200. The average Bonchev–Trinajstić information content (AvgIpc) is 2.15. The SMILES string of the molecule is C=C(CN)c1c(F)cc(Br)cc1OC. The molecule has 4 heteroatoms. The molecule has 1 rings (SSSR count). The summed E-state index contributed by atoms with van der Waals surface area (Å²) in [4.78, 5) is 0. The average molecular weight is 260 g/mol. The fourth-order valence-electron chi connectivity index (χ4n) is 1.16. The van der Waals surface area contributed by atoms with Crippen LogP contribution >= 0.6 is 15.9 Å². The Morgan fingerprint density at radius 3 is 2.79 bits per heavy atom. The monoisotopic (exact) mass is 259 g/mol. The molecule has 1 aromatic rings. The van der Waals surface area contributed by atoms with Gasteiger partial charge < -0.3 is 10.5 Å². The summed E-state index contributed by atoms with van der Waals surface area (Å²) in [5.74, 6) is 0.0546. The van der Waals surface area contributed by atoms with Crippen LogP contribution in [0.3, 0.4) is 0 Å². The third-order valence-corrected chi connectivity index (χ3v) is 2.30. The molecule has 0 aromatic heterocycles. The van der Waals surface area contributed by atoms with Gasteiger partial charge in [-0.05, 0) is 17.7 Å². The highest BCUT2D eigenvalue weighted by molar-refractivity contribution is 9.10. The van der Waals surface area contributed by atoms with E-state index in [0.717, 1.165) is 0 Å². The van der Waals surface area contributed by atoms with Gasteiger partial charge in [0.05, 0.1) is 12.7 Å². The summed E-state index contributed by atoms with van der Waals surface area (Å²) in [5, 5.41) is 0. The Hall–Kier alpha value is -0.870. The number of halogens is 2. The van der Waals surface area contributed by atoms with E-state index in [-0.39, 0.29) is 12.4 Å². The molecule has 0 bridgehead atoms. The van der Waals surface area contributed by atoms with Crippen LogP contribution in [0, 0.1) is 5.82 Å². The van der Waals surface area contributed by atoms with Gasteiger partial charge in [-0.1, -0.05) is 22.5 Å². The number of ether oxygens (including phenoxy) is 1. The van der Waals surface area contributed by atoms with E-state index in [1.165, 1.54) is 13.2 Å². The molecule has 0 fully saturated rings. The van der Waals surface area contributed by atoms with E-state index in [9.17, 15) is 4.39 Å². The van der Waals surface area contributed by atoms with Crippen molar-refractivity contribution >= 4 is 21.5 Å². The molecule has 2 nitrogen and oxygen atoms in total. The third-order valence-electron chi connectivity index (χ3n) is 1.84. The van der Waals surface area contributed by atoms with Crippen LogP contribution in [0.15, 0.2) is 23.2 Å². The molecule has 0 aliphatic heterocycles. The smallest absolute Gasteiger partial charge is 0.135 e. The Labute approximate surface area is 90.7 Å². The van der Waals surface area contributed by atoms with Crippen molar-refractivity contribution in [3.63, 3.8) is 0 Å². The second-order valence-electron chi connectivity index (χ2n) is 2.77. The highest BCUT2D eigenvalue weighted by Crippen LogP contribution is 2.30. The number of hydrogen-bond donors (Lipinski definition) is 1. The van der Waals surface area contributed by atoms with E-state index in [2.05, 4.69) is 22.5 Å². The van der Waals surface area contributed by atoms with Gasteiger partial charge in [-0.15, -0.1) is 0 Å². The van der Waals surface area contributed by atoms with Gasteiger partial charge in [0, 0.05) is 11.0 Å². The Morgan fingerprint density at radius 2 is 2.29 bits per heavy atom. The lowest BCUT2D eigenvalue weighted by Crippen LogP contribution is -2.04. The molecule has 0 saturated carbocycles. The summed E-state index contributed by atoms with van der Waals surface area (Å²) in [6.45, 7) is 3.89. The maximum atomic E-state index is 13.5. The van der Waals surface area contributed by atoms with Gasteiger partial charge in [0.15, 0.2) is 0 Å². The van der Waals surface area contributed by atoms with Crippen LogP contribution in [0.5, 0.6) is 5.75 Å². The molecule has 0 unspecified atom stereocenters. The van der Waals surface area contributed by atoms with Crippen molar-refractivity contribution in [1.82, 2.24) is 0 Å². The Balaban J connectivity index is 3.32. The van der Waals surface area contributed by atoms with Crippen LogP contribution in [-0.2, 0) is 0 Å². The lowest BCUT2D eigenvalue weighted by atomic mass is 10.1. The van der Waals surface area contributed by atoms with Crippen molar-refractivity contribution in [2.45, 2.75) is 0 Å². The third kappa shape index (κ3) is 2.13. The molecule has 0 radical (unpaired) electrons. The van der Waals surface area contributed by atoms with Crippen molar-refractivity contribution in [1.29, 1.82) is 0 Å². The Morgan fingerprint density at radius 1 is 1.64 bits per heavy atom. The predicted molar refractivity (Wildman–Crippen MR) is 58.7 cm³/mol. The van der Waals surface area contributed by atoms with Gasteiger partial charge in [0.25, 0.3) is 0 Å². The van der Waals surface area contributed by atoms with Gasteiger partial charge in [-0.25, -0.2) is 4.39 Å². The van der Waals surface area contributed by atoms with Crippen molar-refractivity contribution < 1.29 is 9.13 Å². The van der Waals surface area contributed by atoms with Crippen molar-refractivity contribution in [3.8, 4) is 5.75 Å². The van der Waals surface area contributed by atoms with Crippen LogP contribution in [0.4, 0.5) is 4.39 Å². The van der Waals surface area contributed by atoms with Crippen molar-refractivity contribution in [2.75, 3.05) is 13.7 Å². The second-order valence-corrected chi connectivity index (χ2v) is 3.69. The molecular formula is C10H11BrFNO. The molecule has 14 heavy (non-hydrogen) atoms. The molecule has 0 amide bonds.